The van der Waals surface area contributed by atoms with E-state index in [1.165, 1.54) is 17.5 Å². The number of hydrogen-bond acceptors (Lipinski definition) is 5. The lowest BCUT2D eigenvalue weighted by atomic mass is 10.2. The van der Waals surface area contributed by atoms with Crippen LogP contribution in [0.1, 0.15) is 10.5 Å². The monoisotopic (exact) mass is 206 g/mol. The maximum absolute atomic E-state index is 11.0. The van der Waals surface area contributed by atoms with Crippen molar-refractivity contribution in [3.8, 4) is 10.4 Å². The van der Waals surface area contributed by atoms with Crippen LogP contribution in [-0.4, -0.2) is 21.1 Å². The molecule has 6 heteroatoms. The zero-order valence-corrected chi connectivity index (χ0v) is 7.86. The zero-order valence-electron chi connectivity index (χ0n) is 7.04. The number of nitrogens with two attached hydrogens (primary N) is 1. The van der Waals surface area contributed by atoms with Crippen molar-refractivity contribution >= 4 is 17.2 Å². The molecule has 2 aromatic heterocycles. The van der Waals surface area contributed by atoms with E-state index in [9.17, 15) is 4.79 Å². The van der Waals surface area contributed by atoms with Gasteiger partial charge in [-0.2, -0.15) is 5.10 Å². The summed E-state index contributed by atoms with van der Waals surface area (Å²) >= 11 is 1.42. The summed E-state index contributed by atoms with van der Waals surface area (Å²) in [5.41, 5.74) is 7.70. The van der Waals surface area contributed by atoms with Gasteiger partial charge >= 0.3 is 0 Å². The Morgan fingerprint density at radius 2 is 2.36 bits per heavy atom. The highest BCUT2D eigenvalue weighted by molar-refractivity contribution is 7.13. The van der Waals surface area contributed by atoms with Crippen LogP contribution in [0.2, 0.25) is 0 Å². The first kappa shape index (κ1) is 8.76. The lowest BCUT2D eigenvalue weighted by molar-refractivity contribution is 0.0995. The molecular weight excluding hydrogens is 200 g/mol. The quantitative estimate of drug-likeness (QED) is 0.784. The van der Waals surface area contributed by atoms with E-state index >= 15 is 0 Å². The van der Waals surface area contributed by atoms with Crippen LogP contribution in [-0.2, 0) is 0 Å². The average molecular weight is 206 g/mol. The van der Waals surface area contributed by atoms with Crippen molar-refractivity contribution < 1.29 is 4.79 Å². The van der Waals surface area contributed by atoms with Crippen LogP contribution in [0, 0.1) is 0 Å². The Kier molecular flexibility index (Phi) is 2.19. The van der Waals surface area contributed by atoms with Crippen LogP contribution in [0.15, 0.2) is 24.0 Å². The molecule has 2 heterocycles. The normalized spacial score (nSPS) is 10.0. The van der Waals surface area contributed by atoms with Crippen molar-refractivity contribution in [1.29, 1.82) is 0 Å². The van der Waals surface area contributed by atoms with Crippen LogP contribution >= 0.6 is 11.3 Å². The van der Waals surface area contributed by atoms with Gasteiger partial charge in [0.2, 0.25) is 0 Å². The maximum Gasteiger partial charge on any atom is 0.269 e. The van der Waals surface area contributed by atoms with Crippen LogP contribution in [0.25, 0.3) is 10.4 Å². The summed E-state index contributed by atoms with van der Waals surface area (Å²) < 4.78 is 0. The Hall–Kier alpha value is -1.82. The number of nitrogens with zero attached hydrogens (tertiary/aromatic N) is 3. The van der Waals surface area contributed by atoms with E-state index in [1.807, 2.05) is 0 Å². The minimum absolute atomic E-state index is 0.178. The Labute approximate surface area is 83.6 Å². The fourth-order valence-corrected chi connectivity index (χ4v) is 1.71. The molecule has 14 heavy (non-hydrogen) atoms. The highest BCUT2D eigenvalue weighted by atomic mass is 32.1. The van der Waals surface area contributed by atoms with Gasteiger partial charge < -0.3 is 5.73 Å². The molecule has 2 rings (SSSR count). The number of carbonyl (C=O) groups excluding carboxylic acids is 1. The summed E-state index contributed by atoms with van der Waals surface area (Å²) in [6.07, 6.45) is 3.18. The van der Waals surface area contributed by atoms with E-state index in [-0.39, 0.29) is 5.69 Å². The van der Waals surface area contributed by atoms with Gasteiger partial charge in [0, 0.05) is 11.8 Å². The summed E-state index contributed by atoms with van der Waals surface area (Å²) in [4.78, 5) is 15.8. The van der Waals surface area contributed by atoms with Crippen molar-refractivity contribution in [2.24, 2.45) is 5.73 Å². The third-order valence-corrected chi connectivity index (χ3v) is 2.46. The first-order chi connectivity index (χ1) is 6.79. The summed E-state index contributed by atoms with van der Waals surface area (Å²) in [6.45, 7) is 0. The van der Waals surface area contributed by atoms with E-state index < -0.39 is 5.91 Å². The van der Waals surface area contributed by atoms with Crippen molar-refractivity contribution in [3.05, 3.63) is 29.7 Å². The number of amides is 1. The molecule has 2 N–H and O–H groups in total. The summed E-state index contributed by atoms with van der Waals surface area (Å²) in [5.74, 6) is -0.582. The smallest absolute Gasteiger partial charge is 0.269 e. The zero-order chi connectivity index (χ0) is 9.97. The minimum atomic E-state index is -0.582. The summed E-state index contributed by atoms with van der Waals surface area (Å²) in [5, 5.41) is 7.30. The van der Waals surface area contributed by atoms with Gasteiger partial charge in [-0.3, -0.25) is 9.78 Å². The van der Waals surface area contributed by atoms with Crippen molar-refractivity contribution in [3.63, 3.8) is 0 Å². The summed E-state index contributed by atoms with van der Waals surface area (Å²) in [7, 11) is 0. The predicted molar refractivity (Wildman–Crippen MR) is 51.7 cm³/mol. The number of primary amides is 1. The molecule has 70 valence electrons. The second-order valence-corrected chi connectivity index (χ2v) is 3.41. The third-order valence-electron chi connectivity index (χ3n) is 1.65. The van der Waals surface area contributed by atoms with E-state index in [0.29, 0.717) is 5.56 Å². The SMILES string of the molecule is NC(=O)c1nnccc1-c1cncs1. The number of thiazole rings is 1. The number of hydrogen-bond donors (Lipinski definition) is 1. The maximum atomic E-state index is 11.0. The molecule has 0 unspecified atom stereocenters. The van der Waals surface area contributed by atoms with Crippen LogP contribution in [0.4, 0.5) is 0 Å². The van der Waals surface area contributed by atoms with E-state index in [0.717, 1.165) is 4.88 Å². The van der Waals surface area contributed by atoms with Crippen molar-refractivity contribution in [2.45, 2.75) is 0 Å². The molecule has 0 aliphatic carbocycles. The number of aromatic nitrogens is 3. The highest BCUT2D eigenvalue weighted by Gasteiger charge is 2.12. The molecule has 0 fully saturated rings. The molecule has 1 amide bonds. The first-order valence-electron chi connectivity index (χ1n) is 3.79. The van der Waals surface area contributed by atoms with Crippen LogP contribution < -0.4 is 5.73 Å². The molecule has 0 saturated carbocycles. The molecule has 0 atom stereocenters. The fraction of sp³-hybridized carbons (Fsp3) is 0. The highest BCUT2D eigenvalue weighted by Crippen LogP contribution is 2.24. The fourth-order valence-electron chi connectivity index (χ4n) is 1.06. The summed E-state index contributed by atoms with van der Waals surface area (Å²) in [6, 6.07) is 1.70. The Bertz CT molecular complexity index is 454. The van der Waals surface area contributed by atoms with Gasteiger partial charge in [0.25, 0.3) is 5.91 Å². The van der Waals surface area contributed by atoms with Crippen molar-refractivity contribution in [2.75, 3.05) is 0 Å². The predicted octanol–water partition coefficient (Wildman–Crippen LogP) is 0.699. The topological polar surface area (TPSA) is 81.8 Å². The van der Waals surface area contributed by atoms with Crippen LogP contribution in [0.5, 0.6) is 0 Å². The molecule has 0 bridgehead atoms. The number of rotatable bonds is 2. The van der Waals surface area contributed by atoms with Gasteiger partial charge in [0.15, 0.2) is 5.69 Å². The average Bonchev–Trinajstić information content (AvgIpc) is 2.70. The second-order valence-electron chi connectivity index (χ2n) is 2.52. The first-order valence-corrected chi connectivity index (χ1v) is 4.67. The molecule has 0 radical (unpaired) electrons. The molecular formula is C8H6N4OS. The molecule has 0 aromatic carbocycles. The van der Waals surface area contributed by atoms with Crippen molar-refractivity contribution in [1.82, 2.24) is 15.2 Å². The van der Waals surface area contributed by atoms with E-state index in [1.54, 1.807) is 17.8 Å². The number of carbonyl (C=O) groups is 1. The van der Waals surface area contributed by atoms with Gasteiger partial charge in [-0.15, -0.1) is 16.4 Å². The lowest BCUT2D eigenvalue weighted by Gasteiger charge is -1.99. The third kappa shape index (κ3) is 1.47. The molecule has 2 aromatic rings. The Morgan fingerprint density at radius 1 is 1.50 bits per heavy atom. The second kappa shape index (κ2) is 3.51. The van der Waals surface area contributed by atoms with Gasteiger partial charge in [-0.1, -0.05) is 0 Å². The lowest BCUT2D eigenvalue weighted by Crippen LogP contribution is -2.14. The van der Waals surface area contributed by atoms with Gasteiger partial charge in [0.05, 0.1) is 16.6 Å². The largest absolute Gasteiger partial charge is 0.364 e. The van der Waals surface area contributed by atoms with Gasteiger partial charge in [0.1, 0.15) is 0 Å². The molecule has 0 aliphatic rings. The molecule has 0 spiro atoms. The van der Waals surface area contributed by atoms with Crippen LogP contribution in [0.3, 0.4) is 0 Å². The van der Waals surface area contributed by atoms with Gasteiger partial charge in [-0.05, 0) is 6.07 Å². The van der Waals surface area contributed by atoms with E-state index in [2.05, 4.69) is 15.2 Å². The van der Waals surface area contributed by atoms with E-state index in [4.69, 9.17) is 5.73 Å². The molecule has 0 saturated heterocycles. The standard InChI is InChI=1S/C8H6N4OS/c9-8(13)7-5(1-2-11-12-7)6-3-10-4-14-6/h1-4H,(H2,9,13). The Morgan fingerprint density at radius 3 is 3.00 bits per heavy atom. The Balaban J connectivity index is 2.58. The molecule has 0 aliphatic heterocycles. The minimum Gasteiger partial charge on any atom is -0.364 e. The molecule has 5 nitrogen and oxygen atoms in total. The van der Waals surface area contributed by atoms with Gasteiger partial charge in [-0.25, -0.2) is 0 Å².